The van der Waals surface area contributed by atoms with Gasteiger partial charge in [0.25, 0.3) is 0 Å². The van der Waals surface area contributed by atoms with Gasteiger partial charge in [0.1, 0.15) is 0 Å². The van der Waals surface area contributed by atoms with Crippen LogP contribution in [0.2, 0.25) is 0 Å². The molecule has 9 nitrogen and oxygen atoms in total. The molecule has 41 heavy (non-hydrogen) atoms. The first-order valence-electron chi connectivity index (χ1n) is 16.2. The smallest absolute Gasteiger partial charge is 0.335 e. The van der Waals surface area contributed by atoms with Crippen molar-refractivity contribution < 1.29 is 43.6 Å². The molecule has 0 radical (unpaired) electrons. The quantitative estimate of drug-likeness (QED) is 0.0643. The molecule has 0 aromatic heterocycles. The van der Waals surface area contributed by atoms with Crippen molar-refractivity contribution in [3.63, 3.8) is 0 Å². The van der Waals surface area contributed by atoms with E-state index in [2.05, 4.69) is 13.8 Å². The Morgan fingerprint density at radius 1 is 0.537 bits per heavy atom. The summed E-state index contributed by atoms with van der Waals surface area (Å²) < 4.78 is 16.5. The summed E-state index contributed by atoms with van der Waals surface area (Å²) in [4.78, 5) is 47.3. The molecule has 0 heterocycles. The second kappa shape index (κ2) is 28.0. The molecule has 2 atom stereocenters. The van der Waals surface area contributed by atoms with E-state index < -0.39 is 30.1 Å². The molecule has 0 aliphatic rings. The number of aliphatic carboxylic acids is 2. The fraction of sp³-hybridized carbons (Fsp3) is 0.875. The van der Waals surface area contributed by atoms with Gasteiger partial charge in [0, 0.05) is 12.8 Å². The van der Waals surface area contributed by atoms with Crippen LogP contribution in [0.4, 0.5) is 0 Å². The lowest BCUT2D eigenvalue weighted by Crippen LogP contribution is -2.35. The highest BCUT2D eigenvalue weighted by molar-refractivity contribution is 5.76. The highest BCUT2D eigenvalue weighted by Crippen LogP contribution is 2.17. The first-order valence-corrected chi connectivity index (χ1v) is 16.2. The zero-order chi connectivity index (χ0) is 30.6. The lowest BCUT2D eigenvalue weighted by molar-refractivity contribution is -0.170. The van der Waals surface area contributed by atoms with Crippen LogP contribution in [0.3, 0.4) is 0 Å². The summed E-state index contributed by atoms with van der Waals surface area (Å²) >= 11 is 0. The van der Waals surface area contributed by atoms with Crippen LogP contribution < -0.4 is 0 Å². The van der Waals surface area contributed by atoms with Crippen molar-refractivity contribution in [2.45, 2.75) is 167 Å². The van der Waals surface area contributed by atoms with Gasteiger partial charge in [-0.2, -0.15) is 0 Å². The minimum absolute atomic E-state index is 0.0403. The van der Waals surface area contributed by atoms with Crippen molar-refractivity contribution in [2.24, 2.45) is 0 Å². The molecule has 0 aromatic carbocycles. The third-order valence-electron chi connectivity index (χ3n) is 7.07. The topological polar surface area (TPSA) is 136 Å². The number of unbranched alkanes of at least 4 members (excludes halogenated alkanes) is 14. The van der Waals surface area contributed by atoms with Crippen molar-refractivity contribution in [1.82, 2.24) is 0 Å². The van der Waals surface area contributed by atoms with Crippen molar-refractivity contribution in [3.8, 4) is 0 Å². The maximum atomic E-state index is 12.8. The van der Waals surface area contributed by atoms with Crippen molar-refractivity contribution >= 4 is 23.9 Å². The Morgan fingerprint density at radius 3 is 1.54 bits per heavy atom. The minimum atomic E-state index is -1.16. The van der Waals surface area contributed by atoms with Gasteiger partial charge >= 0.3 is 23.9 Å². The van der Waals surface area contributed by atoms with Crippen LogP contribution >= 0.6 is 0 Å². The summed E-state index contributed by atoms with van der Waals surface area (Å²) in [5.74, 6) is -2.78. The SMILES string of the molecule is CCCCCCCCOC(=O)CCCCCC(OC(CCCCCC(=O)O)C(=O)O)C(=O)OCCCCCCCC. The molecule has 0 spiro atoms. The van der Waals surface area contributed by atoms with E-state index in [4.69, 9.17) is 19.3 Å². The molecule has 0 saturated carbocycles. The molecular weight excluding hydrogens is 528 g/mol. The summed E-state index contributed by atoms with van der Waals surface area (Å²) in [7, 11) is 0. The van der Waals surface area contributed by atoms with E-state index in [0.717, 1.165) is 38.5 Å². The maximum absolute atomic E-state index is 12.8. The van der Waals surface area contributed by atoms with E-state index in [1.165, 1.54) is 38.5 Å². The van der Waals surface area contributed by atoms with Gasteiger partial charge in [-0.3, -0.25) is 9.59 Å². The number of hydrogen-bond donors (Lipinski definition) is 2. The lowest BCUT2D eigenvalue weighted by Gasteiger charge is -2.21. The van der Waals surface area contributed by atoms with E-state index >= 15 is 0 Å². The first-order chi connectivity index (χ1) is 19.8. The number of esters is 2. The molecule has 0 saturated heterocycles. The normalized spacial score (nSPS) is 12.5. The zero-order valence-corrected chi connectivity index (χ0v) is 25.9. The highest BCUT2D eigenvalue weighted by atomic mass is 16.6. The summed E-state index contributed by atoms with van der Waals surface area (Å²) in [5, 5.41) is 18.4. The fourth-order valence-electron chi connectivity index (χ4n) is 4.54. The standard InChI is InChI=1S/C32H58O9/c1-3-5-7-9-11-19-25-39-30(35)24-18-14-16-22-28(32(38)40-26-20-12-10-8-6-4-2)41-27(31(36)37)21-15-13-17-23-29(33)34/h27-28H,3-26H2,1-2H3,(H,33,34)(H,36,37). The van der Waals surface area contributed by atoms with Crippen LogP contribution in [-0.2, 0) is 33.4 Å². The molecule has 0 aliphatic heterocycles. The molecule has 0 aromatic rings. The Bertz CT molecular complexity index is 680. The Kier molecular flexibility index (Phi) is 26.5. The van der Waals surface area contributed by atoms with Crippen molar-refractivity contribution in [1.29, 1.82) is 0 Å². The van der Waals surface area contributed by atoms with Gasteiger partial charge in [0.15, 0.2) is 12.2 Å². The molecule has 0 fully saturated rings. The number of carboxylic acid groups (broad SMARTS) is 2. The minimum Gasteiger partial charge on any atom is -0.481 e. The van der Waals surface area contributed by atoms with Gasteiger partial charge < -0.3 is 24.4 Å². The number of ether oxygens (including phenoxy) is 3. The fourth-order valence-corrected chi connectivity index (χ4v) is 4.54. The first kappa shape index (κ1) is 38.8. The molecule has 9 heteroatoms. The molecular formula is C32H58O9. The lowest BCUT2D eigenvalue weighted by atomic mass is 10.1. The van der Waals surface area contributed by atoms with Gasteiger partial charge in [-0.05, 0) is 38.5 Å². The van der Waals surface area contributed by atoms with E-state index in [1.807, 2.05) is 0 Å². The Hall–Kier alpha value is -2.16. The summed E-state index contributed by atoms with van der Waals surface area (Å²) in [5.41, 5.74) is 0. The van der Waals surface area contributed by atoms with Crippen molar-refractivity contribution in [2.75, 3.05) is 13.2 Å². The van der Waals surface area contributed by atoms with E-state index in [1.54, 1.807) is 0 Å². The van der Waals surface area contributed by atoms with E-state index in [-0.39, 0.29) is 25.4 Å². The molecule has 240 valence electrons. The Morgan fingerprint density at radius 2 is 1.00 bits per heavy atom. The van der Waals surface area contributed by atoms with Gasteiger partial charge in [-0.1, -0.05) is 104 Å². The second-order valence-electron chi connectivity index (χ2n) is 11.0. The van der Waals surface area contributed by atoms with Gasteiger partial charge in [-0.15, -0.1) is 0 Å². The number of rotatable bonds is 30. The predicted molar refractivity (Wildman–Crippen MR) is 159 cm³/mol. The Balaban J connectivity index is 4.57. The average molecular weight is 587 g/mol. The Labute approximate surface area is 248 Å². The number of carbonyl (C=O) groups excluding carboxylic acids is 2. The molecule has 0 aliphatic carbocycles. The largest absolute Gasteiger partial charge is 0.481 e. The van der Waals surface area contributed by atoms with Crippen LogP contribution in [0.1, 0.15) is 155 Å². The maximum Gasteiger partial charge on any atom is 0.335 e. The van der Waals surface area contributed by atoms with Crippen LogP contribution in [0.15, 0.2) is 0 Å². The molecule has 2 unspecified atom stereocenters. The van der Waals surface area contributed by atoms with Gasteiger partial charge in [0.2, 0.25) is 0 Å². The van der Waals surface area contributed by atoms with E-state index in [0.29, 0.717) is 58.0 Å². The molecule has 2 N–H and O–H groups in total. The molecule has 0 rings (SSSR count). The van der Waals surface area contributed by atoms with Crippen LogP contribution in [-0.4, -0.2) is 59.5 Å². The molecule has 0 amide bonds. The average Bonchev–Trinajstić information content (AvgIpc) is 2.93. The van der Waals surface area contributed by atoms with Crippen LogP contribution in [0.5, 0.6) is 0 Å². The zero-order valence-electron chi connectivity index (χ0n) is 25.9. The predicted octanol–water partition coefficient (Wildman–Crippen LogP) is 7.62. The van der Waals surface area contributed by atoms with E-state index in [9.17, 15) is 24.3 Å². The monoisotopic (exact) mass is 586 g/mol. The summed E-state index contributed by atoms with van der Waals surface area (Å²) in [6, 6.07) is 0. The van der Waals surface area contributed by atoms with Gasteiger partial charge in [-0.25, -0.2) is 9.59 Å². The summed E-state index contributed by atoms with van der Waals surface area (Å²) in [6.45, 7) is 5.08. The van der Waals surface area contributed by atoms with Crippen LogP contribution in [0.25, 0.3) is 0 Å². The highest BCUT2D eigenvalue weighted by Gasteiger charge is 2.28. The number of hydrogen-bond acceptors (Lipinski definition) is 7. The third kappa shape index (κ3) is 25.3. The summed E-state index contributed by atoms with van der Waals surface area (Å²) in [6.07, 6.45) is 15.3. The number of carbonyl (C=O) groups is 4. The number of carboxylic acids is 2. The van der Waals surface area contributed by atoms with Crippen molar-refractivity contribution in [3.05, 3.63) is 0 Å². The van der Waals surface area contributed by atoms with Gasteiger partial charge in [0.05, 0.1) is 13.2 Å². The molecule has 0 bridgehead atoms. The third-order valence-corrected chi connectivity index (χ3v) is 7.07. The van der Waals surface area contributed by atoms with Crippen LogP contribution in [0, 0.1) is 0 Å². The second-order valence-corrected chi connectivity index (χ2v) is 11.0.